The summed E-state index contributed by atoms with van der Waals surface area (Å²) in [5.41, 5.74) is 0.203. The second-order valence-corrected chi connectivity index (χ2v) is 5.78. The molecule has 0 aliphatic carbocycles. The Labute approximate surface area is 86.1 Å². The number of carbonyl (C=O) groups excluding carboxylic acids is 1. The summed E-state index contributed by atoms with van der Waals surface area (Å²) in [5.74, 6) is 0.359. The molecule has 3 nitrogen and oxygen atoms in total. The van der Waals surface area contributed by atoms with Gasteiger partial charge in [0.25, 0.3) is 0 Å². The fraction of sp³-hybridized carbons (Fsp3) is 0.909. The third-order valence-corrected chi connectivity index (χ3v) is 3.66. The molecule has 2 heterocycles. The summed E-state index contributed by atoms with van der Waals surface area (Å²) in [7, 11) is 1.91. The first-order chi connectivity index (χ1) is 6.35. The van der Waals surface area contributed by atoms with Gasteiger partial charge in [-0.15, -0.1) is 0 Å². The molecule has 3 heteroatoms. The molecule has 0 radical (unpaired) electrons. The molecule has 14 heavy (non-hydrogen) atoms. The molecule has 0 aromatic heterocycles. The lowest BCUT2D eigenvalue weighted by Gasteiger charge is -2.52. The van der Waals surface area contributed by atoms with Crippen molar-refractivity contribution in [1.82, 2.24) is 9.80 Å². The van der Waals surface area contributed by atoms with E-state index in [0.29, 0.717) is 5.91 Å². The molecule has 80 valence electrons. The van der Waals surface area contributed by atoms with Gasteiger partial charge in [-0.1, -0.05) is 0 Å². The summed E-state index contributed by atoms with van der Waals surface area (Å²) < 4.78 is 0. The van der Waals surface area contributed by atoms with Crippen LogP contribution in [0.15, 0.2) is 0 Å². The fourth-order valence-corrected chi connectivity index (χ4v) is 2.45. The second-order valence-electron chi connectivity index (χ2n) is 5.78. The molecule has 0 aromatic rings. The zero-order chi connectivity index (χ0) is 10.6. The van der Waals surface area contributed by atoms with Crippen molar-refractivity contribution < 1.29 is 4.79 Å². The standard InChI is InChI=1S/C11H20N2O/c1-10(2,3)13-7-11(8-13)5-6-12(4)9(11)14/h5-8H2,1-4H3. The van der Waals surface area contributed by atoms with E-state index >= 15 is 0 Å². The van der Waals surface area contributed by atoms with Gasteiger partial charge in [-0.3, -0.25) is 9.69 Å². The van der Waals surface area contributed by atoms with Crippen molar-refractivity contribution in [3.8, 4) is 0 Å². The van der Waals surface area contributed by atoms with Crippen LogP contribution in [0.2, 0.25) is 0 Å². The Morgan fingerprint density at radius 2 is 1.86 bits per heavy atom. The highest BCUT2D eigenvalue weighted by Gasteiger charge is 2.55. The number of rotatable bonds is 0. The normalized spacial score (nSPS) is 27.1. The molecule has 2 rings (SSSR count). The molecule has 2 saturated heterocycles. The van der Waals surface area contributed by atoms with Gasteiger partial charge < -0.3 is 4.90 Å². The van der Waals surface area contributed by atoms with Crippen LogP contribution in [-0.2, 0) is 4.79 Å². The van der Waals surface area contributed by atoms with E-state index in [-0.39, 0.29) is 11.0 Å². The van der Waals surface area contributed by atoms with Gasteiger partial charge in [0, 0.05) is 32.2 Å². The molecule has 1 spiro atoms. The van der Waals surface area contributed by atoms with Gasteiger partial charge in [0.05, 0.1) is 5.41 Å². The third-order valence-electron chi connectivity index (χ3n) is 3.66. The van der Waals surface area contributed by atoms with Crippen LogP contribution in [0.3, 0.4) is 0 Å². The molecule has 0 unspecified atom stereocenters. The van der Waals surface area contributed by atoms with Crippen LogP contribution >= 0.6 is 0 Å². The molecule has 2 aliphatic heterocycles. The van der Waals surface area contributed by atoms with Crippen LogP contribution < -0.4 is 0 Å². The van der Waals surface area contributed by atoms with Gasteiger partial charge >= 0.3 is 0 Å². The van der Waals surface area contributed by atoms with E-state index in [0.717, 1.165) is 26.1 Å². The highest BCUT2D eigenvalue weighted by atomic mass is 16.2. The SMILES string of the molecule is CN1CCC2(CN(C(C)(C)C)C2)C1=O. The van der Waals surface area contributed by atoms with Crippen molar-refractivity contribution >= 4 is 5.91 Å². The van der Waals surface area contributed by atoms with Crippen molar-refractivity contribution in [3.63, 3.8) is 0 Å². The van der Waals surface area contributed by atoms with Gasteiger partial charge in [0.2, 0.25) is 5.91 Å². The smallest absolute Gasteiger partial charge is 0.231 e. The summed E-state index contributed by atoms with van der Waals surface area (Å²) in [6, 6.07) is 0. The van der Waals surface area contributed by atoms with Crippen LogP contribution in [0.4, 0.5) is 0 Å². The zero-order valence-corrected chi connectivity index (χ0v) is 9.63. The predicted molar refractivity (Wildman–Crippen MR) is 56.0 cm³/mol. The minimum atomic E-state index is -0.0119. The van der Waals surface area contributed by atoms with Crippen LogP contribution in [0.25, 0.3) is 0 Å². The summed E-state index contributed by atoms with van der Waals surface area (Å²) in [6.45, 7) is 9.49. The summed E-state index contributed by atoms with van der Waals surface area (Å²) in [4.78, 5) is 16.1. The van der Waals surface area contributed by atoms with Crippen molar-refractivity contribution in [2.24, 2.45) is 5.41 Å². The van der Waals surface area contributed by atoms with Crippen molar-refractivity contribution in [1.29, 1.82) is 0 Å². The molecule has 2 aliphatic rings. The average Bonchev–Trinajstić information content (AvgIpc) is 2.25. The van der Waals surface area contributed by atoms with E-state index in [9.17, 15) is 4.79 Å². The van der Waals surface area contributed by atoms with Gasteiger partial charge in [0.15, 0.2) is 0 Å². The lowest BCUT2D eigenvalue weighted by atomic mass is 9.76. The van der Waals surface area contributed by atoms with Crippen LogP contribution in [0.5, 0.6) is 0 Å². The van der Waals surface area contributed by atoms with E-state index < -0.39 is 0 Å². The van der Waals surface area contributed by atoms with Crippen LogP contribution in [-0.4, -0.2) is 47.9 Å². The van der Waals surface area contributed by atoms with Gasteiger partial charge in [0.1, 0.15) is 0 Å². The van der Waals surface area contributed by atoms with Crippen molar-refractivity contribution in [3.05, 3.63) is 0 Å². The number of likely N-dealkylation sites (tertiary alicyclic amines) is 2. The van der Waals surface area contributed by atoms with E-state index in [1.165, 1.54) is 0 Å². The summed E-state index contributed by atoms with van der Waals surface area (Å²) in [5, 5.41) is 0. The molecule has 0 aromatic carbocycles. The summed E-state index contributed by atoms with van der Waals surface area (Å²) in [6.07, 6.45) is 1.05. The third kappa shape index (κ3) is 1.26. The maximum absolute atomic E-state index is 11.9. The molecule has 2 fully saturated rings. The molecule has 0 N–H and O–H groups in total. The Morgan fingerprint density at radius 1 is 1.29 bits per heavy atom. The Kier molecular flexibility index (Phi) is 1.94. The predicted octanol–water partition coefficient (Wildman–Crippen LogP) is 0.949. The van der Waals surface area contributed by atoms with Gasteiger partial charge in [-0.05, 0) is 27.2 Å². The van der Waals surface area contributed by atoms with E-state index in [2.05, 4.69) is 25.7 Å². The van der Waals surface area contributed by atoms with Gasteiger partial charge in [-0.2, -0.15) is 0 Å². The van der Waals surface area contributed by atoms with Crippen molar-refractivity contribution in [2.75, 3.05) is 26.7 Å². The minimum Gasteiger partial charge on any atom is -0.345 e. The second kappa shape index (κ2) is 2.72. The first-order valence-corrected chi connectivity index (χ1v) is 5.36. The average molecular weight is 196 g/mol. The molecule has 0 bridgehead atoms. The van der Waals surface area contributed by atoms with E-state index in [1.807, 2.05) is 11.9 Å². The van der Waals surface area contributed by atoms with Crippen molar-refractivity contribution in [2.45, 2.75) is 32.7 Å². The van der Waals surface area contributed by atoms with Crippen LogP contribution in [0, 0.1) is 5.41 Å². The first-order valence-electron chi connectivity index (χ1n) is 5.36. The monoisotopic (exact) mass is 196 g/mol. The van der Waals surface area contributed by atoms with E-state index in [1.54, 1.807) is 0 Å². The Balaban J connectivity index is 2.03. The fourth-order valence-electron chi connectivity index (χ4n) is 2.45. The number of carbonyl (C=O) groups is 1. The molecule has 0 atom stereocenters. The number of hydrogen-bond acceptors (Lipinski definition) is 2. The Bertz CT molecular complexity index is 261. The lowest BCUT2D eigenvalue weighted by Crippen LogP contribution is -2.65. The maximum atomic E-state index is 11.9. The number of nitrogens with zero attached hydrogens (tertiary/aromatic N) is 2. The molecule has 1 amide bonds. The number of hydrogen-bond donors (Lipinski definition) is 0. The minimum absolute atomic E-state index is 0.0119. The quantitative estimate of drug-likeness (QED) is 0.576. The molecular weight excluding hydrogens is 176 g/mol. The highest BCUT2D eigenvalue weighted by Crippen LogP contribution is 2.42. The Morgan fingerprint density at radius 3 is 2.21 bits per heavy atom. The molecule has 0 saturated carbocycles. The summed E-state index contributed by atoms with van der Waals surface area (Å²) >= 11 is 0. The molecular formula is C11H20N2O. The topological polar surface area (TPSA) is 23.6 Å². The Hall–Kier alpha value is -0.570. The highest BCUT2D eigenvalue weighted by molar-refractivity contribution is 5.86. The lowest BCUT2D eigenvalue weighted by molar-refractivity contribution is -0.148. The van der Waals surface area contributed by atoms with E-state index in [4.69, 9.17) is 0 Å². The van der Waals surface area contributed by atoms with Gasteiger partial charge in [-0.25, -0.2) is 0 Å². The van der Waals surface area contributed by atoms with Crippen LogP contribution in [0.1, 0.15) is 27.2 Å². The maximum Gasteiger partial charge on any atom is 0.231 e. The number of amides is 1. The first kappa shape index (κ1) is 9.97. The largest absolute Gasteiger partial charge is 0.345 e. The zero-order valence-electron chi connectivity index (χ0n) is 9.63.